The van der Waals surface area contributed by atoms with E-state index in [1.807, 2.05) is 43.6 Å². The maximum absolute atomic E-state index is 12.9. The predicted octanol–water partition coefficient (Wildman–Crippen LogP) is 2.21. The number of amides is 1. The number of aromatic nitrogens is 3. The Labute approximate surface area is 145 Å². The number of carbonyl (C=O) groups excluding carboxylic acids is 1. The van der Waals surface area contributed by atoms with Crippen LogP contribution in [0.5, 0.6) is 0 Å². The van der Waals surface area contributed by atoms with Gasteiger partial charge >= 0.3 is 0 Å². The smallest absolute Gasteiger partial charge is 0.252 e. The van der Waals surface area contributed by atoms with Crippen molar-refractivity contribution in [3.05, 3.63) is 60.0 Å². The summed E-state index contributed by atoms with van der Waals surface area (Å²) in [5, 5.41) is 17.9. The number of rotatable bonds is 4. The SMILES string of the molecule is Cn1cc(C(NC(=O)c2cccc3ncccc23)C2CC(O)C2)cn1. The lowest BCUT2D eigenvalue weighted by Gasteiger charge is -2.37. The van der Waals surface area contributed by atoms with Crippen molar-refractivity contribution in [3.8, 4) is 0 Å². The third kappa shape index (κ3) is 3.00. The van der Waals surface area contributed by atoms with Crippen LogP contribution in [0.15, 0.2) is 48.9 Å². The Morgan fingerprint density at radius 1 is 1.32 bits per heavy atom. The molecule has 0 spiro atoms. The van der Waals surface area contributed by atoms with Crippen molar-refractivity contribution in [3.63, 3.8) is 0 Å². The molecule has 128 valence electrons. The number of fused-ring (bicyclic) bond motifs is 1. The molecule has 2 aromatic heterocycles. The van der Waals surface area contributed by atoms with Gasteiger partial charge in [0.15, 0.2) is 0 Å². The fourth-order valence-corrected chi connectivity index (χ4v) is 3.50. The summed E-state index contributed by atoms with van der Waals surface area (Å²) < 4.78 is 1.73. The Balaban J connectivity index is 1.64. The van der Waals surface area contributed by atoms with Gasteiger partial charge in [-0.3, -0.25) is 14.5 Å². The third-order valence-electron chi connectivity index (χ3n) is 4.88. The molecule has 1 unspecified atom stereocenters. The summed E-state index contributed by atoms with van der Waals surface area (Å²) in [7, 11) is 1.86. The first-order valence-corrected chi connectivity index (χ1v) is 8.43. The van der Waals surface area contributed by atoms with E-state index in [-0.39, 0.29) is 24.0 Å². The number of hydrogen-bond acceptors (Lipinski definition) is 4. The second-order valence-corrected chi connectivity index (χ2v) is 6.66. The van der Waals surface area contributed by atoms with Crippen LogP contribution in [-0.2, 0) is 7.05 Å². The highest BCUT2D eigenvalue weighted by Crippen LogP contribution is 2.38. The standard InChI is InChI=1S/C19H20N4O2/c1-23-11-13(10-21-23)18(12-8-14(24)9-12)22-19(25)16-4-2-6-17-15(16)5-3-7-20-17/h2-7,10-12,14,18,24H,8-9H2,1H3,(H,22,25). The summed E-state index contributed by atoms with van der Waals surface area (Å²) in [5.41, 5.74) is 2.37. The maximum atomic E-state index is 12.9. The Morgan fingerprint density at radius 2 is 2.16 bits per heavy atom. The zero-order valence-electron chi connectivity index (χ0n) is 14.0. The fraction of sp³-hybridized carbons (Fsp3) is 0.316. The lowest BCUT2D eigenvalue weighted by molar-refractivity contribution is 0.0235. The highest BCUT2D eigenvalue weighted by atomic mass is 16.3. The normalized spacial score (nSPS) is 20.9. The molecule has 2 N–H and O–H groups in total. The fourth-order valence-electron chi connectivity index (χ4n) is 3.50. The summed E-state index contributed by atoms with van der Waals surface area (Å²) in [6.45, 7) is 0. The lowest BCUT2D eigenvalue weighted by atomic mass is 9.75. The summed E-state index contributed by atoms with van der Waals surface area (Å²) in [6, 6.07) is 9.14. The molecule has 1 atom stereocenters. The second kappa shape index (κ2) is 6.29. The third-order valence-corrected chi connectivity index (χ3v) is 4.88. The van der Waals surface area contributed by atoms with E-state index in [1.54, 1.807) is 17.1 Å². The van der Waals surface area contributed by atoms with Crippen LogP contribution in [-0.4, -0.2) is 31.9 Å². The molecule has 4 rings (SSSR count). The van der Waals surface area contributed by atoms with Crippen LogP contribution in [0.2, 0.25) is 0 Å². The van der Waals surface area contributed by atoms with Gasteiger partial charge in [-0.25, -0.2) is 0 Å². The maximum Gasteiger partial charge on any atom is 0.252 e. The number of aliphatic hydroxyl groups excluding tert-OH is 1. The van der Waals surface area contributed by atoms with Crippen LogP contribution in [0.3, 0.4) is 0 Å². The van der Waals surface area contributed by atoms with Crippen LogP contribution in [0.1, 0.15) is 34.8 Å². The molecule has 0 saturated heterocycles. The molecular formula is C19H20N4O2. The van der Waals surface area contributed by atoms with Gasteiger partial charge in [0.25, 0.3) is 5.91 Å². The van der Waals surface area contributed by atoms with Crippen LogP contribution < -0.4 is 5.32 Å². The molecular weight excluding hydrogens is 316 g/mol. The van der Waals surface area contributed by atoms with Gasteiger partial charge in [0.05, 0.1) is 23.9 Å². The van der Waals surface area contributed by atoms with Crippen molar-refractivity contribution in [1.82, 2.24) is 20.1 Å². The molecule has 2 heterocycles. The molecule has 1 aromatic carbocycles. The number of nitrogens with one attached hydrogen (secondary N) is 1. The van der Waals surface area contributed by atoms with Gasteiger partial charge < -0.3 is 10.4 Å². The van der Waals surface area contributed by atoms with Crippen molar-refractivity contribution in [2.24, 2.45) is 13.0 Å². The van der Waals surface area contributed by atoms with E-state index in [4.69, 9.17) is 0 Å². The number of hydrogen-bond donors (Lipinski definition) is 2. The van der Waals surface area contributed by atoms with Crippen molar-refractivity contribution in [2.45, 2.75) is 25.0 Å². The topological polar surface area (TPSA) is 80.0 Å². The summed E-state index contributed by atoms with van der Waals surface area (Å²) in [4.78, 5) is 17.3. The molecule has 25 heavy (non-hydrogen) atoms. The van der Waals surface area contributed by atoms with Crippen LogP contribution in [0.4, 0.5) is 0 Å². The Hall–Kier alpha value is -2.73. The first kappa shape index (κ1) is 15.8. The average Bonchev–Trinajstić information content (AvgIpc) is 3.02. The number of aryl methyl sites for hydroxylation is 1. The molecule has 1 aliphatic carbocycles. The zero-order valence-corrected chi connectivity index (χ0v) is 14.0. The molecule has 0 aliphatic heterocycles. The van der Waals surface area contributed by atoms with Crippen LogP contribution in [0, 0.1) is 5.92 Å². The molecule has 3 aromatic rings. The summed E-state index contributed by atoms with van der Waals surface area (Å²) >= 11 is 0. The first-order chi connectivity index (χ1) is 12.1. The molecule has 1 saturated carbocycles. The Morgan fingerprint density at radius 3 is 2.88 bits per heavy atom. The number of carbonyl (C=O) groups is 1. The van der Waals surface area contributed by atoms with Gasteiger partial charge in [0, 0.05) is 36.0 Å². The van der Waals surface area contributed by atoms with Crippen LogP contribution in [0.25, 0.3) is 10.9 Å². The van der Waals surface area contributed by atoms with Crippen LogP contribution >= 0.6 is 0 Å². The highest BCUT2D eigenvalue weighted by molar-refractivity contribution is 6.06. The van der Waals surface area contributed by atoms with Crippen molar-refractivity contribution >= 4 is 16.8 Å². The van der Waals surface area contributed by atoms with Crippen molar-refractivity contribution < 1.29 is 9.90 Å². The predicted molar refractivity (Wildman–Crippen MR) is 93.9 cm³/mol. The van der Waals surface area contributed by atoms with E-state index < -0.39 is 0 Å². The lowest BCUT2D eigenvalue weighted by Crippen LogP contribution is -2.41. The van der Waals surface area contributed by atoms with E-state index in [1.165, 1.54) is 0 Å². The molecule has 1 amide bonds. The summed E-state index contributed by atoms with van der Waals surface area (Å²) in [6.07, 6.45) is 6.52. The summed E-state index contributed by atoms with van der Waals surface area (Å²) in [5.74, 6) is 0.0881. The largest absolute Gasteiger partial charge is 0.393 e. The zero-order chi connectivity index (χ0) is 17.4. The highest BCUT2D eigenvalue weighted by Gasteiger charge is 2.36. The van der Waals surface area contributed by atoms with E-state index >= 15 is 0 Å². The minimum Gasteiger partial charge on any atom is -0.393 e. The van der Waals surface area contributed by atoms with E-state index in [9.17, 15) is 9.90 Å². The minimum absolute atomic E-state index is 0.131. The van der Waals surface area contributed by atoms with Gasteiger partial charge in [0.2, 0.25) is 0 Å². The first-order valence-electron chi connectivity index (χ1n) is 8.43. The van der Waals surface area contributed by atoms with Gasteiger partial charge in [-0.15, -0.1) is 0 Å². The van der Waals surface area contributed by atoms with Gasteiger partial charge in [-0.05, 0) is 37.0 Å². The average molecular weight is 336 g/mol. The molecule has 0 bridgehead atoms. The molecule has 0 radical (unpaired) electrons. The van der Waals surface area contributed by atoms with E-state index in [0.29, 0.717) is 18.4 Å². The number of nitrogens with zero attached hydrogens (tertiary/aromatic N) is 3. The molecule has 1 fully saturated rings. The van der Waals surface area contributed by atoms with Gasteiger partial charge in [-0.1, -0.05) is 12.1 Å². The Bertz CT molecular complexity index is 909. The number of benzene rings is 1. The van der Waals surface area contributed by atoms with Gasteiger partial charge in [-0.2, -0.15) is 5.10 Å². The number of pyridine rings is 1. The quantitative estimate of drug-likeness (QED) is 0.765. The Kier molecular flexibility index (Phi) is 3.97. The van der Waals surface area contributed by atoms with E-state index in [2.05, 4.69) is 15.4 Å². The monoisotopic (exact) mass is 336 g/mol. The molecule has 6 heteroatoms. The van der Waals surface area contributed by atoms with Crippen molar-refractivity contribution in [1.29, 1.82) is 0 Å². The van der Waals surface area contributed by atoms with E-state index in [0.717, 1.165) is 16.5 Å². The number of aliphatic hydroxyl groups is 1. The molecule has 6 nitrogen and oxygen atoms in total. The van der Waals surface area contributed by atoms with Gasteiger partial charge in [0.1, 0.15) is 0 Å². The van der Waals surface area contributed by atoms with Crippen molar-refractivity contribution in [2.75, 3.05) is 0 Å². The molecule has 1 aliphatic rings. The second-order valence-electron chi connectivity index (χ2n) is 6.66. The minimum atomic E-state index is -0.275.